The van der Waals surface area contributed by atoms with Gasteiger partial charge in [0.2, 0.25) is 0 Å². The topological polar surface area (TPSA) is 15.3 Å². The van der Waals surface area contributed by atoms with Gasteiger partial charge in [0.25, 0.3) is 0 Å². The molecule has 0 radical (unpaired) electrons. The summed E-state index contributed by atoms with van der Waals surface area (Å²) in [6, 6.07) is 1.77. The van der Waals surface area contributed by atoms with E-state index in [9.17, 15) is 0 Å². The number of piperidine rings is 1. The van der Waals surface area contributed by atoms with E-state index >= 15 is 0 Å². The van der Waals surface area contributed by atoms with Crippen LogP contribution >= 0.6 is 0 Å². The Bertz CT molecular complexity index is 291. The molecule has 2 aliphatic carbocycles. The zero-order valence-corrected chi connectivity index (χ0v) is 13.4. The highest BCUT2D eigenvalue weighted by Gasteiger charge is 2.37. The Balaban J connectivity index is 1.56. The van der Waals surface area contributed by atoms with Gasteiger partial charge < -0.3 is 5.32 Å². The first-order chi connectivity index (χ1) is 9.88. The Kier molecular flexibility index (Phi) is 5.39. The van der Waals surface area contributed by atoms with Crippen LogP contribution in [0.1, 0.15) is 71.1 Å². The minimum atomic E-state index is 0.811. The number of hydrogen-bond donors (Lipinski definition) is 1. The zero-order chi connectivity index (χ0) is 13.8. The van der Waals surface area contributed by atoms with Crippen LogP contribution in [0.15, 0.2) is 0 Å². The number of fused-ring (bicyclic) bond motifs is 1. The van der Waals surface area contributed by atoms with E-state index in [1.54, 1.807) is 0 Å². The summed E-state index contributed by atoms with van der Waals surface area (Å²) in [6.07, 6.45) is 14.6. The van der Waals surface area contributed by atoms with Gasteiger partial charge in [-0.05, 0) is 69.9 Å². The van der Waals surface area contributed by atoms with E-state index in [4.69, 9.17) is 0 Å². The standard InChI is InChI=1S/C18H34N2/c1-2-12-19-17-10-4-3-7-16(17)14-20-13-6-9-15-8-5-11-18(15)20/h15-19H,2-14H2,1H3. The summed E-state index contributed by atoms with van der Waals surface area (Å²) in [5, 5.41) is 3.84. The highest BCUT2D eigenvalue weighted by Crippen LogP contribution is 2.38. The van der Waals surface area contributed by atoms with Crippen LogP contribution in [0.25, 0.3) is 0 Å². The molecule has 3 fully saturated rings. The third-order valence-electron chi connectivity index (χ3n) is 6.14. The summed E-state index contributed by atoms with van der Waals surface area (Å²) < 4.78 is 0. The number of nitrogens with zero attached hydrogens (tertiary/aromatic N) is 1. The molecule has 2 nitrogen and oxygen atoms in total. The molecule has 3 aliphatic rings. The maximum Gasteiger partial charge on any atom is 0.0124 e. The first-order valence-electron chi connectivity index (χ1n) is 9.36. The second kappa shape index (κ2) is 7.26. The molecule has 0 spiro atoms. The third kappa shape index (κ3) is 3.39. The normalized spacial score (nSPS) is 38.9. The molecule has 0 aromatic carbocycles. The lowest BCUT2D eigenvalue weighted by atomic mass is 9.82. The first kappa shape index (κ1) is 14.8. The number of rotatable bonds is 5. The Hall–Kier alpha value is -0.0800. The maximum absolute atomic E-state index is 3.84. The fourth-order valence-corrected chi connectivity index (χ4v) is 5.11. The fourth-order valence-electron chi connectivity index (χ4n) is 5.11. The largest absolute Gasteiger partial charge is 0.314 e. The van der Waals surface area contributed by atoms with E-state index in [2.05, 4.69) is 17.1 Å². The lowest BCUT2D eigenvalue weighted by Crippen LogP contribution is -2.49. The summed E-state index contributed by atoms with van der Waals surface area (Å²) >= 11 is 0. The van der Waals surface area contributed by atoms with Crippen molar-refractivity contribution >= 4 is 0 Å². The van der Waals surface area contributed by atoms with Gasteiger partial charge in [0.05, 0.1) is 0 Å². The lowest BCUT2D eigenvalue weighted by molar-refractivity contribution is 0.0758. The molecule has 2 saturated carbocycles. The predicted molar refractivity (Wildman–Crippen MR) is 86.0 cm³/mol. The summed E-state index contributed by atoms with van der Waals surface area (Å²) in [5.41, 5.74) is 0. The number of nitrogens with one attached hydrogen (secondary N) is 1. The van der Waals surface area contributed by atoms with Crippen molar-refractivity contribution in [2.24, 2.45) is 11.8 Å². The van der Waals surface area contributed by atoms with Crippen molar-refractivity contribution in [3.05, 3.63) is 0 Å². The molecule has 1 saturated heterocycles. The van der Waals surface area contributed by atoms with Gasteiger partial charge in [0, 0.05) is 18.6 Å². The van der Waals surface area contributed by atoms with Crippen molar-refractivity contribution in [3.63, 3.8) is 0 Å². The lowest BCUT2D eigenvalue weighted by Gasteiger charge is -2.42. The second-order valence-corrected chi connectivity index (χ2v) is 7.50. The summed E-state index contributed by atoms with van der Waals surface area (Å²) in [4.78, 5) is 2.90. The van der Waals surface area contributed by atoms with Gasteiger partial charge in [-0.15, -0.1) is 0 Å². The summed E-state index contributed by atoms with van der Waals surface area (Å²) in [5.74, 6) is 1.98. The Morgan fingerprint density at radius 1 is 0.950 bits per heavy atom. The molecule has 4 unspecified atom stereocenters. The molecule has 0 aromatic rings. The number of likely N-dealkylation sites (tertiary alicyclic amines) is 1. The van der Waals surface area contributed by atoms with Crippen molar-refractivity contribution in [1.82, 2.24) is 10.2 Å². The number of hydrogen-bond acceptors (Lipinski definition) is 2. The average molecular weight is 278 g/mol. The van der Waals surface area contributed by atoms with Crippen LogP contribution in [0.4, 0.5) is 0 Å². The van der Waals surface area contributed by atoms with Gasteiger partial charge in [0.15, 0.2) is 0 Å². The molecule has 1 aliphatic heterocycles. The SMILES string of the molecule is CCCNC1CCCCC1CN1CCCC2CCCC21. The van der Waals surface area contributed by atoms with Crippen LogP contribution in [-0.2, 0) is 0 Å². The molecule has 1 heterocycles. The molecule has 0 aromatic heterocycles. The predicted octanol–water partition coefficient (Wildman–Crippen LogP) is 3.81. The molecule has 4 atom stereocenters. The van der Waals surface area contributed by atoms with Crippen molar-refractivity contribution in [3.8, 4) is 0 Å². The molecule has 116 valence electrons. The molecular formula is C18H34N2. The second-order valence-electron chi connectivity index (χ2n) is 7.50. The Labute approximate surface area is 125 Å². The van der Waals surface area contributed by atoms with Crippen LogP contribution in [0, 0.1) is 11.8 Å². The van der Waals surface area contributed by atoms with Gasteiger partial charge in [-0.1, -0.05) is 26.2 Å². The van der Waals surface area contributed by atoms with Crippen LogP contribution in [-0.4, -0.2) is 36.6 Å². The molecule has 0 amide bonds. The van der Waals surface area contributed by atoms with Gasteiger partial charge >= 0.3 is 0 Å². The molecule has 20 heavy (non-hydrogen) atoms. The molecule has 3 rings (SSSR count). The van der Waals surface area contributed by atoms with Crippen molar-refractivity contribution in [1.29, 1.82) is 0 Å². The van der Waals surface area contributed by atoms with Crippen molar-refractivity contribution < 1.29 is 0 Å². The quantitative estimate of drug-likeness (QED) is 0.822. The smallest absolute Gasteiger partial charge is 0.0124 e. The van der Waals surface area contributed by atoms with Crippen LogP contribution < -0.4 is 5.32 Å². The van der Waals surface area contributed by atoms with E-state index in [-0.39, 0.29) is 0 Å². The monoisotopic (exact) mass is 278 g/mol. The highest BCUT2D eigenvalue weighted by molar-refractivity contribution is 4.92. The minimum absolute atomic E-state index is 0.811. The minimum Gasteiger partial charge on any atom is -0.314 e. The Morgan fingerprint density at radius 3 is 2.70 bits per heavy atom. The van der Waals surface area contributed by atoms with E-state index in [0.717, 1.165) is 23.9 Å². The average Bonchev–Trinajstić information content (AvgIpc) is 2.96. The molecule has 1 N–H and O–H groups in total. The summed E-state index contributed by atoms with van der Waals surface area (Å²) in [6.45, 7) is 6.28. The van der Waals surface area contributed by atoms with Gasteiger partial charge in [0.1, 0.15) is 0 Å². The van der Waals surface area contributed by atoms with Crippen LogP contribution in [0.5, 0.6) is 0 Å². The van der Waals surface area contributed by atoms with Crippen molar-refractivity contribution in [2.75, 3.05) is 19.6 Å². The highest BCUT2D eigenvalue weighted by atomic mass is 15.2. The zero-order valence-electron chi connectivity index (χ0n) is 13.4. The van der Waals surface area contributed by atoms with Crippen molar-refractivity contribution in [2.45, 2.75) is 83.2 Å². The molecular weight excluding hydrogens is 244 g/mol. The van der Waals surface area contributed by atoms with Gasteiger partial charge in [-0.25, -0.2) is 0 Å². The van der Waals surface area contributed by atoms with Crippen LogP contribution in [0.2, 0.25) is 0 Å². The third-order valence-corrected chi connectivity index (χ3v) is 6.14. The Morgan fingerprint density at radius 2 is 1.80 bits per heavy atom. The van der Waals surface area contributed by atoms with Crippen LogP contribution in [0.3, 0.4) is 0 Å². The van der Waals surface area contributed by atoms with E-state index in [1.165, 1.54) is 83.8 Å². The first-order valence-corrected chi connectivity index (χ1v) is 9.36. The van der Waals surface area contributed by atoms with E-state index < -0.39 is 0 Å². The maximum atomic E-state index is 3.84. The van der Waals surface area contributed by atoms with Gasteiger partial charge in [-0.2, -0.15) is 0 Å². The molecule has 0 bridgehead atoms. The van der Waals surface area contributed by atoms with Gasteiger partial charge in [-0.3, -0.25) is 4.90 Å². The van der Waals surface area contributed by atoms with E-state index in [0.29, 0.717) is 0 Å². The fraction of sp³-hybridized carbons (Fsp3) is 1.00. The summed E-state index contributed by atoms with van der Waals surface area (Å²) in [7, 11) is 0. The molecule has 2 heteroatoms. The van der Waals surface area contributed by atoms with E-state index in [1.807, 2.05) is 0 Å².